The van der Waals surface area contributed by atoms with Gasteiger partial charge in [0.05, 0.1) is 12.6 Å². The second-order valence-electron chi connectivity index (χ2n) is 10.9. The molecule has 0 aliphatic carbocycles. The highest BCUT2D eigenvalue weighted by Gasteiger charge is 2.39. The Kier molecular flexibility index (Phi) is 6.96. The molecule has 0 N–H and O–H groups in total. The molecule has 8 heteroatoms. The molecule has 0 aromatic heterocycles. The molecule has 3 atom stereocenters. The van der Waals surface area contributed by atoms with E-state index in [-0.39, 0.29) is 24.8 Å². The van der Waals surface area contributed by atoms with Crippen molar-refractivity contribution in [1.29, 1.82) is 0 Å². The number of aldehydes is 1. The molecule has 1 aromatic carbocycles. The molecule has 1 saturated heterocycles. The highest BCUT2D eigenvalue weighted by Crippen LogP contribution is 2.30. The summed E-state index contributed by atoms with van der Waals surface area (Å²) in [6, 6.07) is 5.31. The van der Waals surface area contributed by atoms with Crippen LogP contribution in [0.25, 0.3) is 0 Å². The Bertz CT molecular complexity index is 901. The van der Waals surface area contributed by atoms with Crippen LogP contribution in [0, 0.1) is 0 Å². The monoisotopic (exact) mass is 460 g/mol. The Morgan fingerprint density at radius 3 is 2.15 bits per heavy atom. The first-order valence-electron chi connectivity index (χ1n) is 11.5. The van der Waals surface area contributed by atoms with Gasteiger partial charge >= 0.3 is 12.2 Å². The molecule has 1 aromatic rings. The number of carbonyl (C=O) groups excluding carboxylic acids is 3. The third-order valence-electron chi connectivity index (χ3n) is 5.59. The van der Waals surface area contributed by atoms with Gasteiger partial charge in [-0.1, -0.05) is 6.07 Å². The molecule has 33 heavy (non-hydrogen) atoms. The van der Waals surface area contributed by atoms with Gasteiger partial charge in [-0.05, 0) is 78.1 Å². The van der Waals surface area contributed by atoms with Crippen molar-refractivity contribution in [3.05, 3.63) is 29.3 Å². The van der Waals surface area contributed by atoms with Crippen LogP contribution in [0.2, 0.25) is 0 Å². The predicted molar refractivity (Wildman–Crippen MR) is 123 cm³/mol. The first kappa shape index (κ1) is 24.9. The van der Waals surface area contributed by atoms with Crippen molar-refractivity contribution in [2.45, 2.75) is 97.2 Å². The minimum Gasteiger partial charge on any atom is -0.488 e. The van der Waals surface area contributed by atoms with E-state index in [1.165, 1.54) is 10.5 Å². The van der Waals surface area contributed by atoms with Gasteiger partial charge in [-0.3, -0.25) is 4.90 Å². The Morgan fingerprint density at radius 2 is 1.58 bits per heavy atom. The van der Waals surface area contributed by atoms with E-state index < -0.39 is 23.3 Å². The molecule has 182 valence electrons. The number of likely N-dealkylation sites (tertiary alicyclic amines) is 1. The molecule has 0 bridgehead atoms. The normalized spacial score (nSPS) is 23.1. The molecular formula is C25H36N2O6. The van der Waals surface area contributed by atoms with Gasteiger partial charge in [0.15, 0.2) is 0 Å². The van der Waals surface area contributed by atoms with Crippen LogP contribution in [0.15, 0.2) is 18.2 Å². The zero-order chi connectivity index (χ0) is 24.6. The molecule has 8 nitrogen and oxygen atoms in total. The maximum atomic E-state index is 12.7. The number of hydrogen-bond donors (Lipinski definition) is 0. The first-order chi connectivity index (χ1) is 15.3. The maximum absolute atomic E-state index is 12.7. The van der Waals surface area contributed by atoms with Gasteiger partial charge in [-0.25, -0.2) is 9.59 Å². The van der Waals surface area contributed by atoms with E-state index in [1.807, 2.05) is 45.9 Å². The van der Waals surface area contributed by atoms with E-state index in [0.29, 0.717) is 18.7 Å². The van der Waals surface area contributed by atoms with E-state index in [9.17, 15) is 14.4 Å². The summed E-state index contributed by atoms with van der Waals surface area (Å²) in [5.41, 5.74) is 0.978. The van der Waals surface area contributed by atoms with Crippen LogP contribution >= 0.6 is 0 Å². The molecule has 2 aliphatic rings. The van der Waals surface area contributed by atoms with Crippen LogP contribution in [-0.2, 0) is 27.2 Å². The number of fused-ring (bicyclic) bond motifs is 1. The third-order valence-corrected chi connectivity index (χ3v) is 5.59. The summed E-state index contributed by atoms with van der Waals surface area (Å²) in [4.78, 5) is 39.9. The molecule has 2 heterocycles. The number of amides is 2. The molecule has 2 amide bonds. The van der Waals surface area contributed by atoms with E-state index in [4.69, 9.17) is 14.2 Å². The second kappa shape index (κ2) is 9.23. The van der Waals surface area contributed by atoms with Gasteiger partial charge in [0.2, 0.25) is 0 Å². The molecule has 3 rings (SSSR count). The summed E-state index contributed by atoms with van der Waals surface area (Å²) < 4.78 is 17.1. The van der Waals surface area contributed by atoms with Crippen LogP contribution < -0.4 is 4.74 Å². The zero-order valence-electron chi connectivity index (χ0n) is 20.7. The van der Waals surface area contributed by atoms with Crippen LogP contribution in [0.1, 0.15) is 66.0 Å². The topological polar surface area (TPSA) is 85.4 Å². The van der Waals surface area contributed by atoms with Gasteiger partial charge < -0.3 is 23.9 Å². The van der Waals surface area contributed by atoms with Gasteiger partial charge in [0, 0.05) is 19.0 Å². The number of hydrogen-bond acceptors (Lipinski definition) is 6. The van der Waals surface area contributed by atoms with Gasteiger partial charge in [-0.2, -0.15) is 0 Å². The lowest BCUT2D eigenvalue weighted by atomic mass is 9.95. The molecule has 2 unspecified atom stereocenters. The van der Waals surface area contributed by atoms with Crippen molar-refractivity contribution >= 4 is 18.5 Å². The smallest absolute Gasteiger partial charge is 0.411 e. The number of carbonyl (C=O) groups is 3. The van der Waals surface area contributed by atoms with Crippen LogP contribution in [-0.4, -0.2) is 64.2 Å². The van der Waals surface area contributed by atoms with Crippen LogP contribution in [0.4, 0.5) is 9.59 Å². The minimum absolute atomic E-state index is 0.0321. The SMILES string of the molecule is CC1Cc2ccc(O[C@H]3CC(C=O)N(C(=O)OC(C)(C)C)C3)cc2CN1C(=O)OC(C)(C)C. The zero-order valence-corrected chi connectivity index (χ0v) is 20.7. The molecular weight excluding hydrogens is 424 g/mol. The van der Waals surface area contributed by atoms with Crippen molar-refractivity contribution in [1.82, 2.24) is 9.80 Å². The highest BCUT2D eigenvalue weighted by molar-refractivity contribution is 5.74. The fraction of sp³-hybridized carbons (Fsp3) is 0.640. The van der Waals surface area contributed by atoms with E-state index in [0.717, 1.165) is 18.3 Å². The third kappa shape index (κ3) is 6.39. The van der Waals surface area contributed by atoms with Gasteiger partial charge in [0.25, 0.3) is 0 Å². The fourth-order valence-electron chi connectivity index (χ4n) is 4.12. The van der Waals surface area contributed by atoms with Crippen molar-refractivity contribution in [2.75, 3.05) is 6.54 Å². The summed E-state index contributed by atoms with van der Waals surface area (Å²) in [5, 5.41) is 0. The van der Waals surface area contributed by atoms with Gasteiger partial charge in [-0.15, -0.1) is 0 Å². The van der Waals surface area contributed by atoms with Gasteiger partial charge in [0.1, 0.15) is 29.3 Å². The lowest BCUT2D eigenvalue weighted by molar-refractivity contribution is -0.111. The Balaban J connectivity index is 1.69. The summed E-state index contributed by atoms with van der Waals surface area (Å²) in [5.74, 6) is 0.646. The minimum atomic E-state index is -0.640. The Hall–Kier alpha value is -2.77. The van der Waals surface area contributed by atoms with E-state index >= 15 is 0 Å². The Morgan fingerprint density at radius 1 is 0.970 bits per heavy atom. The Labute approximate surface area is 196 Å². The summed E-state index contributed by atoms with van der Waals surface area (Å²) in [6.45, 7) is 13.7. The van der Waals surface area contributed by atoms with Crippen molar-refractivity contribution in [3.8, 4) is 5.75 Å². The molecule has 1 fully saturated rings. The number of nitrogens with zero attached hydrogens (tertiary/aromatic N) is 2. The lowest BCUT2D eigenvalue weighted by Crippen LogP contribution is -2.45. The van der Waals surface area contributed by atoms with Crippen molar-refractivity contribution < 1.29 is 28.6 Å². The largest absolute Gasteiger partial charge is 0.488 e. The number of rotatable bonds is 3. The molecule has 0 saturated carbocycles. The standard InChI is InChI=1S/C25H36N2O6/c1-16-10-17-8-9-20(11-18(17)13-26(16)22(29)32-24(2,3)4)31-21-12-19(15-28)27(14-21)23(30)33-25(5,6)7/h8-9,11,15-16,19,21H,10,12-14H2,1-7H3/t16?,19?,21-/m0/s1. The quantitative estimate of drug-likeness (QED) is 0.625. The summed E-state index contributed by atoms with van der Waals surface area (Å²) in [7, 11) is 0. The van der Waals surface area contributed by atoms with E-state index in [2.05, 4.69) is 0 Å². The van der Waals surface area contributed by atoms with Crippen LogP contribution in [0.3, 0.4) is 0 Å². The second-order valence-corrected chi connectivity index (χ2v) is 10.9. The number of ether oxygens (including phenoxy) is 3. The molecule has 0 spiro atoms. The van der Waals surface area contributed by atoms with Crippen LogP contribution in [0.5, 0.6) is 5.75 Å². The molecule has 2 aliphatic heterocycles. The van der Waals surface area contributed by atoms with Crippen molar-refractivity contribution in [3.63, 3.8) is 0 Å². The number of benzene rings is 1. The lowest BCUT2D eigenvalue weighted by Gasteiger charge is -2.36. The summed E-state index contributed by atoms with van der Waals surface area (Å²) in [6.07, 6.45) is 0.733. The summed E-state index contributed by atoms with van der Waals surface area (Å²) >= 11 is 0. The average molecular weight is 461 g/mol. The first-order valence-corrected chi connectivity index (χ1v) is 11.5. The predicted octanol–water partition coefficient (Wildman–Crippen LogP) is 4.32. The fourth-order valence-corrected chi connectivity index (χ4v) is 4.12. The average Bonchev–Trinajstić information content (AvgIpc) is 3.08. The highest BCUT2D eigenvalue weighted by atomic mass is 16.6. The van der Waals surface area contributed by atoms with Crippen molar-refractivity contribution in [2.24, 2.45) is 0 Å². The van der Waals surface area contributed by atoms with E-state index in [1.54, 1.807) is 25.7 Å². The molecule has 0 radical (unpaired) electrons. The maximum Gasteiger partial charge on any atom is 0.411 e.